The van der Waals surface area contributed by atoms with Crippen molar-refractivity contribution in [3.05, 3.63) is 185 Å². The van der Waals surface area contributed by atoms with Gasteiger partial charge in [-0.1, -0.05) is 115 Å². The second kappa shape index (κ2) is 12.1. The number of anilines is 3. The summed E-state index contributed by atoms with van der Waals surface area (Å²) in [6.45, 7) is 2.23. The third-order valence-electron chi connectivity index (χ3n) is 8.80. The minimum Gasteiger partial charge on any atom is -0.344 e. The molecule has 44 heavy (non-hydrogen) atoms. The number of fused-ring (bicyclic) bond motifs is 2. The molecule has 0 saturated carbocycles. The molecule has 5 aromatic carbocycles. The quantitative estimate of drug-likeness (QED) is 0.201. The third kappa shape index (κ3) is 5.31. The Bertz CT molecular complexity index is 1930. The lowest BCUT2D eigenvalue weighted by Gasteiger charge is -2.29. The van der Waals surface area contributed by atoms with Gasteiger partial charge in [0.2, 0.25) is 0 Å². The summed E-state index contributed by atoms with van der Waals surface area (Å²) in [5.74, 6) is 0. The Balaban J connectivity index is 1.35. The van der Waals surface area contributed by atoms with Crippen LogP contribution in [0.1, 0.15) is 29.5 Å². The van der Waals surface area contributed by atoms with Gasteiger partial charge in [-0.25, -0.2) is 0 Å². The number of hydrogen-bond donors (Lipinski definition) is 0. The topological polar surface area (TPSA) is 6.48 Å². The number of nitrogens with zero attached hydrogens (tertiary/aromatic N) is 2. The normalized spacial score (nSPS) is 16.5. The van der Waals surface area contributed by atoms with Crippen LogP contribution in [0.5, 0.6) is 0 Å². The molecule has 2 nitrogen and oxygen atoms in total. The monoisotopic (exact) mass is 568 g/mol. The van der Waals surface area contributed by atoms with Crippen molar-refractivity contribution in [2.24, 2.45) is 0 Å². The van der Waals surface area contributed by atoms with Crippen LogP contribution >= 0.6 is 0 Å². The first-order valence-electron chi connectivity index (χ1n) is 15.4. The Hall–Kier alpha value is -5.34. The van der Waals surface area contributed by atoms with E-state index in [-0.39, 0.29) is 0 Å². The number of aryl methyl sites for hydroxylation is 1. The van der Waals surface area contributed by atoms with Crippen LogP contribution in [0.3, 0.4) is 0 Å². The van der Waals surface area contributed by atoms with E-state index in [1.807, 2.05) is 0 Å². The van der Waals surface area contributed by atoms with Crippen molar-refractivity contribution in [1.82, 2.24) is 0 Å². The van der Waals surface area contributed by atoms with E-state index in [2.05, 4.69) is 182 Å². The lowest BCUT2D eigenvalue weighted by molar-refractivity contribution is 1.03. The van der Waals surface area contributed by atoms with E-state index in [0.717, 1.165) is 24.2 Å². The standard InChI is InChI=1S/C42H36N2/c1-31-32(21-23-33-13-9-11-19-40(31)33)22-24-35-25-26-36(28-30-37-29-27-34-14-10-12-20-41(34)43(37)2)42(35)44(38-15-5-3-6-16-38)39-17-7-4-8-18-39/h3-24,27-30H,25-26H2,1-2H3/b24-22+,36-28+,37-30+. The minimum atomic E-state index is 0.982. The van der Waals surface area contributed by atoms with Crippen LogP contribution in [-0.2, 0) is 0 Å². The average molecular weight is 569 g/mol. The molecule has 2 aliphatic rings. The predicted molar refractivity (Wildman–Crippen MR) is 189 cm³/mol. The maximum atomic E-state index is 2.43. The second-order valence-electron chi connectivity index (χ2n) is 11.4. The maximum absolute atomic E-state index is 2.43. The summed E-state index contributed by atoms with van der Waals surface area (Å²) in [5, 5.41) is 2.59. The molecule has 0 atom stereocenters. The smallest absolute Gasteiger partial charge is 0.0525 e. The molecule has 7 rings (SSSR count). The van der Waals surface area contributed by atoms with Crippen LogP contribution in [0.4, 0.5) is 17.1 Å². The fraction of sp³-hybridized carbons (Fsp3) is 0.0952. The summed E-state index contributed by atoms with van der Waals surface area (Å²) in [6, 6.07) is 43.2. The zero-order valence-electron chi connectivity index (χ0n) is 25.3. The van der Waals surface area contributed by atoms with Gasteiger partial charge >= 0.3 is 0 Å². The zero-order valence-corrected chi connectivity index (χ0v) is 25.3. The lowest BCUT2D eigenvalue weighted by Crippen LogP contribution is -2.19. The van der Waals surface area contributed by atoms with Gasteiger partial charge in [-0.15, -0.1) is 0 Å². The van der Waals surface area contributed by atoms with Gasteiger partial charge in [0.1, 0.15) is 0 Å². The van der Waals surface area contributed by atoms with E-state index in [1.54, 1.807) is 0 Å². The summed E-state index contributed by atoms with van der Waals surface area (Å²) < 4.78 is 0. The second-order valence-corrected chi connectivity index (χ2v) is 11.4. The molecule has 0 N–H and O–H groups in total. The fourth-order valence-electron chi connectivity index (χ4n) is 6.41. The first-order valence-corrected chi connectivity index (χ1v) is 15.4. The van der Waals surface area contributed by atoms with E-state index in [1.165, 1.54) is 55.7 Å². The third-order valence-corrected chi connectivity index (χ3v) is 8.80. The highest BCUT2D eigenvalue weighted by atomic mass is 15.2. The van der Waals surface area contributed by atoms with Crippen molar-refractivity contribution in [2.75, 3.05) is 16.8 Å². The number of rotatable bonds is 6. The molecule has 0 saturated heterocycles. The van der Waals surface area contributed by atoms with Crippen molar-refractivity contribution in [3.63, 3.8) is 0 Å². The van der Waals surface area contributed by atoms with Crippen molar-refractivity contribution in [2.45, 2.75) is 19.8 Å². The SMILES string of the molecule is Cc1c(/C=C/C2=C(N(c3ccccc3)c3ccccc3)C(=C/C=C3\C=Cc4ccccc4N3C)/CC2)ccc2ccccc12. The summed E-state index contributed by atoms with van der Waals surface area (Å²) in [5.41, 5.74) is 12.5. The molecule has 1 aliphatic carbocycles. The van der Waals surface area contributed by atoms with Crippen molar-refractivity contribution in [3.8, 4) is 0 Å². The number of para-hydroxylation sites is 3. The number of hydrogen-bond acceptors (Lipinski definition) is 2. The Morgan fingerprint density at radius 2 is 1.32 bits per heavy atom. The molecule has 0 bridgehead atoms. The first kappa shape index (κ1) is 27.5. The molecule has 0 aromatic heterocycles. The highest BCUT2D eigenvalue weighted by Crippen LogP contribution is 2.42. The lowest BCUT2D eigenvalue weighted by atomic mass is 9.99. The molecule has 0 radical (unpaired) electrons. The van der Waals surface area contributed by atoms with Crippen molar-refractivity contribution >= 4 is 40.0 Å². The molecular weight excluding hydrogens is 532 g/mol. The first-order chi connectivity index (χ1) is 21.7. The van der Waals surface area contributed by atoms with Crippen molar-refractivity contribution < 1.29 is 0 Å². The molecule has 0 unspecified atom stereocenters. The van der Waals surface area contributed by atoms with Gasteiger partial charge in [0, 0.05) is 29.8 Å². The molecule has 0 fully saturated rings. The van der Waals surface area contributed by atoms with E-state index < -0.39 is 0 Å². The summed E-state index contributed by atoms with van der Waals surface area (Å²) in [4.78, 5) is 4.71. The van der Waals surface area contributed by atoms with Gasteiger partial charge in [0.05, 0.1) is 5.70 Å². The van der Waals surface area contributed by atoms with Crippen molar-refractivity contribution in [1.29, 1.82) is 0 Å². The zero-order chi connectivity index (χ0) is 29.9. The van der Waals surface area contributed by atoms with Gasteiger partial charge in [-0.3, -0.25) is 0 Å². The van der Waals surface area contributed by atoms with E-state index in [0.29, 0.717) is 0 Å². The Kier molecular flexibility index (Phi) is 7.56. The molecule has 0 spiro atoms. The van der Waals surface area contributed by atoms with Gasteiger partial charge in [0.25, 0.3) is 0 Å². The van der Waals surface area contributed by atoms with Crippen LogP contribution < -0.4 is 9.80 Å². The average Bonchev–Trinajstić information content (AvgIpc) is 3.47. The number of allylic oxidation sites excluding steroid dienone is 6. The molecule has 0 amide bonds. The van der Waals surface area contributed by atoms with Crippen LogP contribution in [0, 0.1) is 6.92 Å². The minimum absolute atomic E-state index is 0.982. The number of benzene rings is 5. The van der Waals surface area contributed by atoms with Crippen LogP contribution in [-0.4, -0.2) is 7.05 Å². The predicted octanol–water partition coefficient (Wildman–Crippen LogP) is 11.0. The molecular formula is C42H36N2. The summed E-state index contributed by atoms with van der Waals surface area (Å²) in [7, 11) is 2.15. The molecule has 5 aromatic rings. The molecule has 1 aliphatic heterocycles. The van der Waals surface area contributed by atoms with Gasteiger partial charge < -0.3 is 9.80 Å². The largest absolute Gasteiger partial charge is 0.344 e. The van der Waals surface area contributed by atoms with Gasteiger partial charge in [-0.2, -0.15) is 0 Å². The van der Waals surface area contributed by atoms with E-state index in [9.17, 15) is 0 Å². The summed E-state index contributed by atoms with van der Waals surface area (Å²) >= 11 is 0. The van der Waals surface area contributed by atoms with E-state index >= 15 is 0 Å². The van der Waals surface area contributed by atoms with Crippen LogP contribution in [0.25, 0.3) is 22.9 Å². The van der Waals surface area contributed by atoms with Gasteiger partial charge in [0.15, 0.2) is 0 Å². The highest BCUT2D eigenvalue weighted by molar-refractivity contribution is 5.89. The molecule has 2 heteroatoms. The fourth-order valence-corrected chi connectivity index (χ4v) is 6.41. The highest BCUT2D eigenvalue weighted by Gasteiger charge is 2.26. The van der Waals surface area contributed by atoms with E-state index in [4.69, 9.17) is 0 Å². The van der Waals surface area contributed by atoms with Crippen LogP contribution in [0.2, 0.25) is 0 Å². The van der Waals surface area contributed by atoms with Crippen LogP contribution in [0.15, 0.2) is 168 Å². The summed E-state index contributed by atoms with van der Waals surface area (Å²) in [6.07, 6.45) is 15.7. The number of likely N-dealkylation sites (N-methyl/N-ethyl adjacent to an activating group) is 1. The molecule has 1 heterocycles. The van der Waals surface area contributed by atoms with Gasteiger partial charge in [-0.05, 0) is 101 Å². The Labute approximate surface area is 260 Å². The molecule has 214 valence electrons. The maximum Gasteiger partial charge on any atom is 0.0525 e. The Morgan fingerprint density at radius 1 is 0.636 bits per heavy atom. The Morgan fingerprint density at radius 3 is 2.09 bits per heavy atom.